The highest BCUT2D eigenvalue weighted by molar-refractivity contribution is 5.92. The van der Waals surface area contributed by atoms with Gasteiger partial charge in [0.2, 0.25) is 0 Å². The van der Waals surface area contributed by atoms with Crippen LogP contribution in [0, 0.1) is 5.41 Å². The molecule has 2 unspecified atom stereocenters. The monoisotopic (exact) mass is 249 g/mol. The van der Waals surface area contributed by atoms with Gasteiger partial charge in [-0.05, 0) is 18.6 Å². The maximum absolute atomic E-state index is 11.5. The molecule has 1 aliphatic rings. The van der Waals surface area contributed by atoms with E-state index in [1.54, 1.807) is 19.3 Å². The van der Waals surface area contributed by atoms with Gasteiger partial charge in [0, 0.05) is 30.4 Å². The zero-order valence-corrected chi connectivity index (χ0v) is 10.9. The highest BCUT2D eigenvalue weighted by Crippen LogP contribution is 2.42. The van der Waals surface area contributed by atoms with E-state index in [4.69, 9.17) is 0 Å². The van der Waals surface area contributed by atoms with Gasteiger partial charge in [0.1, 0.15) is 5.69 Å². The SMILES string of the molecule is CNC(=O)c1cc(NC2CC(O)C2(C)C)ccn1. The molecule has 1 heterocycles. The smallest absolute Gasteiger partial charge is 0.269 e. The first kappa shape index (κ1) is 12.8. The zero-order valence-electron chi connectivity index (χ0n) is 10.9. The van der Waals surface area contributed by atoms with Crippen molar-refractivity contribution < 1.29 is 9.90 Å². The number of carbonyl (C=O) groups is 1. The molecule has 98 valence electrons. The molecule has 0 radical (unpaired) electrons. The minimum atomic E-state index is -0.268. The molecule has 2 atom stereocenters. The van der Waals surface area contributed by atoms with Crippen molar-refractivity contribution in [2.45, 2.75) is 32.4 Å². The molecule has 2 rings (SSSR count). The average molecular weight is 249 g/mol. The maximum Gasteiger partial charge on any atom is 0.269 e. The molecule has 3 N–H and O–H groups in total. The Morgan fingerprint density at radius 1 is 1.56 bits per heavy atom. The number of aliphatic hydroxyl groups is 1. The summed E-state index contributed by atoms with van der Waals surface area (Å²) >= 11 is 0. The summed E-state index contributed by atoms with van der Waals surface area (Å²) in [5.41, 5.74) is 1.10. The van der Waals surface area contributed by atoms with E-state index < -0.39 is 0 Å². The van der Waals surface area contributed by atoms with Crippen LogP contribution in [0.4, 0.5) is 5.69 Å². The van der Waals surface area contributed by atoms with E-state index in [0.717, 1.165) is 12.1 Å². The lowest BCUT2D eigenvalue weighted by molar-refractivity contribution is -0.0510. The van der Waals surface area contributed by atoms with Crippen LogP contribution in [0.3, 0.4) is 0 Å². The molecule has 0 aliphatic heterocycles. The molecule has 1 aliphatic carbocycles. The Morgan fingerprint density at radius 2 is 2.28 bits per heavy atom. The normalized spacial score (nSPS) is 25.1. The third kappa shape index (κ3) is 2.18. The zero-order chi connectivity index (χ0) is 13.3. The van der Waals surface area contributed by atoms with Gasteiger partial charge in [-0.15, -0.1) is 0 Å². The summed E-state index contributed by atoms with van der Waals surface area (Å²) in [7, 11) is 1.58. The predicted octanol–water partition coefficient (Wildman–Crippen LogP) is 1.01. The van der Waals surface area contributed by atoms with E-state index in [2.05, 4.69) is 15.6 Å². The van der Waals surface area contributed by atoms with Gasteiger partial charge in [0.05, 0.1) is 6.10 Å². The molecule has 0 bridgehead atoms. The number of hydrogen-bond donors (Lipinski definition) is 3. The van der Waals surface area contributed by atoms with Crippen molar-refractivity contribution >= 4 is 11.6 Å². The Morgan fingerprint density at radius 3 is 2.83 bits per heavy atom. The number of hydrogen-bond acceptors (Lipinski definition) is 4. The number of nitrogens with zero attached hydrogens (tertiary/aromatic N) is 1. The van der Waals surface area contributed by atoms with Gasteiger partial charge in [0.25, 0.3) is 5.91 Å². The molecule has 5 heteroatoms. The number of pyridine rings is 1. The molecule has 18 heavy (non-hydrogen) atoms. The Hall–Kier alpha value is -1.62. The number of rotatable bonds is 3. The lowest BCUT2D eigenvalue weighted by Gasteiger charge is -2.49. The molecule has 1 aromatic rings. The fourth-order valence-electron chi connectivity index (χ4n) is 2.12. The standard InChI is InChI=1S/C13H19N3O2/c1-13(2)10(7-11(13)17)16-8-4-5-15-9(6-8)12(18)14-3/h4-6,10-11,17H,7H2,1-3H3,(H,14,18)(H,15,16). The third-order valence-corrected chi connectivity index (χ3v) is 3.78. The van der Waals surface area contributed by atoms with Crippen LogP contribution in [-0.2, 0) is 0 Å². The molecule has 1 saturated carbocycles. The van der Waals surface area contributed by atoms with Gasteiger partial charge in [-0.25, -0.2) is 0 Å². The molecule has 1 fully saturated rings. The van der Waals surface area contributed by atoms with E-state index in [1.807, 2.05) is 19.9 Å². The largest absolute Gasteiger partial charge is 0.392 e. The average Bonchev–Trinajstić information content (AvgIpc) is 2.38. The first-order valence-corrected chi connectivity index (χ1v) is 6.08. The highest BCUT2D eigenvalue weighted by atomic mass is 16.3. The second-order valence-electron chi connectivity index (χ2n) is 5.28. The van der Waals surface area contributed by atoms with Crippen molar-refractivity contribution in [2.24, 2.45) is 5.41 Å². The van der Waals surface area contributed by atoms with Gasteiger partial charge in [0.15, 0.2) is 0 Å². The van der Waals surface area contributed by atoms with Gasteiger partial charge in [-0.1, -0.05) is 13.8 Å². The highest BCUT2D eigenvalue weighted by Gasteiger charge is 2.47. The summed E-state index contributed by atoms with van der Waals surface area (Å²) in [6.07, 6.45) is 2.06. The van der Waals surface area contributed by atoms with Gasteiger partial charge in [-0.2, -0.15) is 0 Å². The quantitative estimate of drug-likeness (QED) is 0.747. The van der Waals surface area contributed by atoms with Crippen molar-refractivity contribution in [3.63, 3.8) is 0 Å². The molecular formula is C13H19N3O2. The number of anilines is 1. The summed E-state index contributed by atoms with van der Waals surface area (Å²) in [5, 5.41) is 15.6. The number of amides is 1. The van der Waals surface area contributed by atoms with Crippen LogP contribution in [0.25, 0.3) is 0 Å². The maximum atomic E-state index is 11.5. The number of nitrogens with one attached hydrogen (secondary N) is 2. The molecule has 1 amide bonds. The summed E-state index contributed by atoms with van der Waals surface area (Å²) in [4.78, 5) is 15.5. The van der Waals surface area contributed by atoms with Crippen molar-refractivity contribution in [1.29, 1.82) is 0 Å². The molecule has 5 nitrogen and oxygen atoms in total. The lowest BCUT2D eigenvalue weighted by Crippen LogP contribution is -2.56. The van der Waals surface area contributed by atoms with Crippen LogP contribution >= 0.6 is 0 Å². The Kier molecular flexibility index (Phi) is 3.26. The summed E-state index contributed by atoms with van der Waals surface area (Å²) in [6, 6.07) is 3.76. The van der Waals surface area contributed by atoms with E-state index >= 15 is 0 Å². The first-order chi connectivity index (χ1) is 8.45. The second-order valence-corrected chi connectivity index (χ2v) is 5.28. The second kappa shape index (κ2) is 4.57. The van der Waals surface area contributed by atoms with Gasteiger partial charge in [-0.3, -0.25) is 9.78 Å². The lowest BCUT2D eigenvalue weighted by atomic mass is 9.64. The third-order valence-electron chi connectivity index (χ3n) is 3.78. The van der Waals surface area contributed by atoms with Crippen molar-refractivity contribution in [2.75, 3.05) is 12.4 Å². The molecule has 0 spiro atoms. The fraction of sp³-hybridized carbons (Fsp3) is 0.538. The molecule has 0 aromatic carbocycles. The van der Waals surface area contributed by atoms with Crippen LogP contribution < -0.4 is 10.6 Å². The van der Waals surface area contributed by atoms with Crippen LogP contribution in [0.2, 0.25) is 0 Å². The van der Waals surface area contributed by atoms with Gasteiger partial charge < -0.3 is 15.7 Å². The minimum Gasteiger partial charge on any atom is -0.392 e. The van der Waals surface area contributed by atoms with Crippen molar-refractivity contribution in [1.82, 2.24) is 10.3 Å². The minimum absolute atomic E-state index is 0.142. The number of carbonyl (C=O) groups excluding carboxylic acids is 1. The number of aromatic nitrogens is 1. The predicted molar refractivity (Wildman–Crippen MR) is 69.4 cm³/mol. The molecular weight excluding hydrogens is 230 g/mol. The Labute approximate surface area is 107 Å². The summed E-state index contributed by atoms with van der Waals surface area (Å²) < 4.78 is 0. The van der Waals surface area contributed by atoms with Crippen LogP contribution in [0.15, 0.2) is 18.3 Å². The summed E-state index contributed by atoms with van der Waals surface area (Å²) in [6.45, 7) is 4.05. The van der Waals surface area contributed by atoms with Crippen LogP contribution in [0.5, 0.6) is 0 Å². The van der Waals surface area contributed by atoms with Crippen LogP contribution in [0.1, 0.15) is 30.8 Å². The topological polar surface area (TPSA) is 74.2 Å². The summed E-state index contributed by atoms with van der Waals surface area (Å²) in [5.74, 6) is -0.202. The van der Waals surface area contributed by atoms with Crippen molar-refractivity contribution in [3.8, 4) is 0 Å². The Balaban J connectivity index is 2.09. The van der Waals surface area contributed by atoms with Crippen molar-refractivity contribution in [3.05, 3.63) is 24.0 Å². The van der Waals surface area contributed by atoms with Crippen LogP contribution in [-0.4, -0.2) is 35.2 Å². The Bertz CT molecular complexity index is 459. The van der Waals surface area contributed by atoms with E-state index in [0.29, 0.717) is 5.69 Å². The van der Waals surface area contributed by atoms with E-state index in [-0.39, 0.29) is 23.5 Å². The first-order valence-electron chi connectivity index (χ1n) is 6.08. The fourth-order valence-corrected chi connectivity index (χ4v) is 2.12. The van der Waals surface area contributed by atoms with E-state index in [9.17, 15) is 9.90 Å². The van der Waals surface area contributed by atoms with E-state index in [1.165, 1.54) is 0 Å². The molecule has 0 saturated heterocycles. The molecule has 1 aromatic heterocycles. The van der Waals surface area contributed by atoms with Gasteiger partial charge >= 0.3 is 0 Å². The number of aliphatic hydroxyl groups excluding tert-OH is 1.